The van der Waals surface area contributed by atoms with Crippen LogP contribution in [0.2, 0.25) is 0 Å². The summed E-state index contributed by atoms with van der Waals surface area (Å²) < 4.78 is 12.1. The first-order valence-corrected chi connectivity index (χ1v) is 9.50. The van der Waals surface area contributed by atoms with Crippen LogP contribution >= 0.6 is 11.8 Å². The Morgan fingerprint density at radius 3 is 2.68 bits per heavy atom. The van der Waals surface area contributed by atoms with E-state index in [0.717, 1.165) is 16.9 Å². The number of methoxy groups -OCH3 is 1. The maximum Gasteiger partial charge on any atom is 0.344 e. The second-order valence-electron chi connectivity index (χ2n) is 5.91. The van der Waals surface area contributed by atoms with Crippen LogP contribution in [0.25, 0.3) is 11.4 Å². The molecule has 4 aromatic rings. The summed E-state index contributed by atoms with van der Waals surface area (Å²) in [4.78, 5) is 16.5. The molecule has 0 aliphatic rings. The lowest BCUT2D eigenvalue weighted by Gasteiger charge is -2.04. The zero-order valence-corrected chi connectivity index (χ0v) is 15.8. The average Bonchev–Trinajstić information content (AvgIpc) is 3.35. The van der Waals surface area contributed by atoms with Gasteiger partial charge in [0.15, 0.2) is 5.16 Å². The van der Waals surface area contributed by atoms with Gasteiger partial charge in [-0.05, 0) is 29.8 Å². The first kappa shape index (κ1) is 18.1. The molecule has 0 saturated carbocycles. The van der Waals surface area contributed by atoms with Gasteiger partial charge >= 0.3 is 5.69 Å². The first-order chi connectivity index (χ1) is 13.7. The molecule has 0 aliphatic heterocycles. The summed E-state index contributed by atoms with van der Waals surface area (Å²) >= 11 is 1.36. The monoisotopic (exact) mass is 395 g/mol. The number of nitrogens with zero attached hydrogens (tertiary/aromatic N) is 4. The molecule has 2 aromatic heterocycles. The fourth-order valence-electron chi connectivity index (χ4n) is 2.62. The van der Waals surface area contributed by atoms with Crippen molar-refractivity contribution < 1.29 is 9.26 Å². The number of aromatic amines is 1. The van der Waals surface area contributed by atoms with Gasteiger partial charge in [0.1, 0.15) is 5.75 Å². The number of benzene rings is 2. The SMILES string of the molecule is COc1ccc(-c2noc(CSc3n[nH]c(=O)n3Cc3ccccc3)n2)cc1. The van der Waals surface area contributed by atoms with Crippen LogP contribution in [-0.2, 0) is 12.3 Å². The predicted molar refractivity (Wildman–Crippen MR) is 104 cm³/mol. The van der Waals surface area contributed by atoms with Crippen molar-refractivity contribution >= 4 is 11.8 Å². The van der Waals surface area contributed by atoms with E-state index in [4.69, 9.17) is 9.26 Å². The Morgan fingerprint density at radius 1 is 1.14 bits per heavy atom. The molecule has 2 heterocycles. The largest absolute Gasteiger partial charge is 0.497 e. The molecule has 0 fully saturated rings. The molecule has 1 N–H and O–H groups in total. The highest BCUT2D eigenvalue weighted by Gasteiger charge is 2.13. The third-order valence-corrected chi connectivity index (χ3v) is 5.01. The molecule has 28 heavy (non-hydrogen) atoms. The smallest absolute Gasteiger partial charge is 0.344 e. The zero-order valence-electron chi connectivity index (χ0n) is 15.0. The molecule has 0 atom stereocenters. The van der Waals surface area contributed by atoms with Crippen LogP contribution in [0.15, 0.2) is 69.1 Å². The molecule has 0 spiro atoms. The number of H-pyrrole nitrogens is 1. The van der Waals surface area contributed by atoms with Crippen LogP contribution < -0.4 is 10.4 Å². The lowest BCUT2D eigenvalue weighted by atomic mass is 10.2. The summed E-state index contributed by atoms with van der Waals surface area (Å²) in [7, 11) is 1.62. The Labute approximate surface area is 164 Å². The van der Waals surface area contributed by atoms with E-state index in [1.54, 1.807) is 11.7 Å². The third-order valence-electron chi connectivity index (χ3n) is 4.05. The fraction of sp³-hybridized carbons (Fsp3) is 0.158. The number of aromatic nitrogens is 5. The average molecular weight is 395 g/mol. The van der Waals surface area contributed by atoms with Gasteiger partial charge < -0.3 is 9.26 Å². The maximum absolute atomic E-state index is 12.1. The van der Waals surface area contributed by atoms with E-state index in [1.165, 1.54) is 11.8 Å². The summed E-state index contributed by atoms with van der Waals surface area (Å²) in [5, 5.41) is 11.2. The van der Waals surface area contributed by atoms with Crippen LogP contribution in [0.4, 0.5) is 0 Å². The van der Waals surface area contributed by atoms with Crippen LogP contribution in [0, 0.1) is 0 Å². The zero-order chi connectivity index (χ0) is 19.3. The fourth-order valence-corrected chi connectivity index (χ4v) is 3.40. The third kappa shape index (κ3) is 3.99. The van der Waals surface area contributed by atoms with Gasteiger partial charge in [0.25, 0.3) is 0 Å². The highest BCUT2D eigenvalue weighted by Crippen LogP contribution is 2.23. The van der Waals surface area contributed by atoms with Crippen molar-refractivity contribution in [2.24, 2.45) is 0 Å². The van der Waals surface area contributed by atoms with Gasteiger partial charge in [-0.2, -0.15) is 4.98 Å². The Hall–Kier alpha value is -3.33. The number of hydrogen-bond donors (Lipinski definition) is 1. The van der Waals surface area contributed by atoms with E-state index in [2.05, 4.69) is 20.3 Å². The van der Waals surface area contributed by atoms with E-state index >= 15 is 0 Å². The molecule has 0 radical (unpaired) electrons. The molecule has 9 heteroatoms. The Kier molecular flexibility index (Phi) is 5.24. The molecule has 8 nitrogen and oxygen atoms in total. The molecule has 0 amide bonds. The van der Waals surface area contributed by atoms with Gasteiger partial charge in [0, 0.05) is 5.56 Å². The van der Waals surface area contributed by atoms with Crippen molar-refractivity contribution in [1.29, 1.82) is 0 Å². The molecule has 0 saturated heterocycles. The highest BCUT2D eigenvalue weighted by molar-refractivity contribution is 7.98. The normalized spacial score (nSPS) is 10.9. The van der Waals surface area contributed by atoms with Gasteiger partial charge in [-0.15, -0.1) is 5.10 Å². The number of thioether (sulfide) groups is 1. The van der Waals surface area contributed by atoms with Crippen molar-refractivity contribution in [3.8, 4) is 17.1 Å². The van der Waals surface area contributed by atoms with E-state index in [1.807, 2.05) is 54.6 Å². The molecular weight excluding hydrogens is 378 g/mol. The summed E-state index contributed by atoms with van der Waals surface area (Å²) in [6.07, 6.45) is 0. The van der Waals surface area contributed by atoms with Crippen LogP contribution in [0.3, 0.4) is 0 Å². The lowest BCUT2D eigenvalue weighted by molar-refractivity contribution is 0.391. The number of ether oxygens (including phenoxy) is 1. The van der Waals surface area contributed by atoms with Crippen LogP contribution in [0.1, 0.15) is 11.5 Å². The molecule has 0 unspecified atom stereocenters. The van der Waals surface area contributed by atoms with Crippen molar-refractivity contribution in [1.82, 2.24) is 24.9 Å². The Bertz CT molecular complexity index is 1100. The summed E-state index contributed by atoms with van der Waals surface area (Å²) in [6.45, 7) is 0.444. The maximum atomic E-state index is 12.1. The van der Waals surface area contributed by atoms with Crippen molar-refractivity contribution in [3.05, 3.63) is 76.5 Å². The molecule has 142 valence electrons. The van der Waals surface area contributed by atoms with Gasteiger partial charge in [0.2, 0.25) is 11.7 Å². The van der Waals surface area contributed by atoms with Crippen molar-refractivity contribution in [3.63, 3.8) is 0 Å². The topological polar surface area (TPSA) is 98.8 Å². The van der Waals surface area contributed by atoms with E-state index < -0.39 is 0 Å². The van der Waals surface area contributed by atoms with Gasteiger partial charge in [-0.3, -0.25) is 4.57 Å². The Balaban J connectivity index is 1.45. The van der Waals surface area contributed by atoms with Crippen molar-refractivity contribution in [2.75, 3.05) is 7.11 Å². The molecular formula is C19H17N5O3S. The molecule has 0 bridgehead atoms. The number of rotatable bonds is 7. The summed E-state index contributed by atoms with van der Waals surface area (Å²) in [5.41, 5.74) is 1.60. The van der Waals surface area contributed by atoms with Gasteiger partial charge in [-0.25, -0.2) is 9.89 Å². The quantitative estimate of drug-likeness (QED) is 0.480. The van der Waals surface area contributed by atoms with Gasteiger partial charge in [-0.1, -0.05) is 47.3 Å². The molecule has 4 rings (SSSR count). The molecule has 0 aliphatic carbocycles. The minimum Gasteiger partial charge on any atom is -0.497 e. The van der Waals surface area contributed by atoms with Crippen LogP contribution in [-0.4, -0.2) is 32.0 Å². The summed E-state index contributed by atoms with van der Waals surface area (Å²) in [6, 6.07) is 17.2. The minimum atomic E-state index is -0.254. The minimum absolute atomic E-state index is 0.254. The van der Waals surface area contributed by atoms with Gasteiger partial charge in [0.05, 0.1) is 19.4 Å². The van der Waals surface area contributed by atoms with Crippen LogP contribution in [0.5, 0.6) is 5.75 Å². The number of hydrogen-bond acceptors (Lipinski definition) is 7. The Morgan fingerprint density at radius 2 is 1.93 bits per heavy atom. The number of nitrogens with one attached hydrogen (secondary N) is 1. The molecule has 2 aromatic carbocycles. The van der Waals surface area contributed by atoms with E-state index in [0.29, 0.717) is 29.2 Å². The highest BCUT2D eigenvalue weighted by atomic mass is 32.2. The standard InChI is InChI=1S/C19H17N5O3S/c1-26-15-9-7-14(8-10-15)17-20-16(27-23-17)12-28-19-22-21-18(25)24(19)11-13-5-3-2-4-6-13/h2-10H,11-12H2,1H3,(H,21,25). The predicted octanol–water partition coefficient (Wildman–Crippen LogP) is 2.97. The second kappa shape index (κ2) is 8.13. The van der Waals surface area contributed by atoms with E-state index in [9.17, 15) is 4.79 Å². The first-order valence-electron chi connectivity index (χ1n) is 8.52. The lowest BCUT2D eigenvalue weighted by Crippen LogP contribution is -2.18. The van der Waals surface area contributed by atoms with Crippen molar-refractivity contribution in [2.45, 2.75) is 17.5 Å². The summed E-state index contributed by atoms with van der Waals surface area (Å²) in [5.74, 6) is 2.12. The second-order valence-corrected chi connectivity index (χ2v) is 6.85. The van der Waals surface area contributed by atoms with E-state index in [-0.39, 0.29) is 5.69 Å².